The molecule has 0 saturated heterocycles. The number of unbranched alkanes of at least 4 members (excludes halogenated alkanes) is 2. The summed E-state index contributed by atoms with van der Waals surface area (Å²) in [5, 5.41) is 0. The number of hydrogen-bond acceptors (Lipinski definition) is 4. The molecule has 0 aliphatic carbocycles. The third-order valence-electron chi connectivity index (χ3n) is 5.90. The van der Waals surface area contributed by atoms with E-state index < -0.39 is 0 Å². The number of carbonyl (C=O) groups excluding carboxylic acids is 2. The normalized spacial score (nSPS) is 15.8. The number of fused-ring (bicyclic) bond motifs is 1. The van der Waals surface area contributed by atoms with Gasteiger partial charge in [0.05, 0.1) is 12.2 Å². The zero-order chi connectivity index (χ0) is 21.8. The van der Waals surface area contributed by atoms with E-state index in [1.54, 1.807) is 0 Å². The van der Waals surface area contributed by atoms with Gasteiger partial charge in [0.2, 0.25) is 0 Å². The third-order valence-corrected chi connectivity index (χ3v) is 5.90. The van der Waals surface area contributed by atoms with Crippen LogP contribution in [0.4, 0.5) is 5.69 Å². The zero-order valence-electron chi connectivity index (χ0n) is 18.4. The van der Waals surface area contributed by atoms with Crippen molar-refractivity contribution in [2.45, 2.75) is 46.0 Å². The van der Waals surface area contributed by atoms with Crippen LogP contribution in [0.5, 0.6) is 5.75 Å². The quantitative estimate of drug-likeness (QED) is 0.433. The molecule has 5 heteroatoms. The molecule has 2 aliphatic rings. The second-order valence-corrected chi connectivity index (χ2v) is 8.10. The summed E-state index contributed by atoms with van der Waals surface area (Å²) in [4.78, 5) is 30.4. The summed E-state index contributed by atoms with van der Waals surface area (Å²) in [7, 11) is 0. The number of amides is 2. The second-order valence-electron chi connectivity index (χ2n) is 8.10. The Labute approximate surface area is 184 Å². The van der Waals surface area contributed by atoms with E-state index in [-0.39, 0.29) is 11.8 Å². The van der Waals surface area contributed by atoms with E-state index in [1.807, 2.05) is 47.4 Å². The smallest absolute Gasteiger partial charge is 0.278 e. The Morgan fingerprint density at radius 2 is 1.68 bits per heavy atom. The van der Waals surface area contributed by atoms with Gasteiger partial charge in [-0.15, -0.1) is 0 Å². The highest BCUT2D eigenvalue weighted by Crippen LogP contribution is 2.38. The summed E-state index contributed by atoms with van der Waals surface area (Å²) in [5.41, 5.74) is 4.00. The van der Waals surface area contributed by atoms with Gasteiger partial charge in [0.25, 0.3) is 11.8 Å². The number of benzene rings is 2. The molecular weight excluding hydrogens is 388 g/mol. The van der Waals surface area contributed by atoms with Gasteiger partial charge in [0.15, 0.2) is 0 Å². The van der Waals surface area contributed by atoms with Crippen LogP contribution in [0.25, 0.3) is 5.57 Å². The molecule has 0 bridgehead atoms. The fraction of sp³-hybridized carbons (Fsp3) is 0.385. The average molecular weight is 419 g/mol. The van der Waals surface area contributed by atoms with Gasteiger partial charge in [0, 0.05) is 18.8 Å². The lowest BCUT2D eigenvalue weighted by Gasteiger charge is -2.21. The summed E-state index contributed by atoms with van der Waals surface area (Å²) in [6.07, 6.45) is 4.67. The highest BCUT2D eigenvalue weighted by atomic mass is 16.5. The van der Waals surface area contributed by atoms with Crippen molar-refractivity contribution in [3.05, 3.63) is 65.4 Å². The van der Waals surface area contributed by atoms with Crippen LogP contribution in [0, 0.1) is 0 Å². The molecule has 2 aromatic rings. The molecule has 31 heavy (non-hydrogen) atoms. The molecule has 0 N–H and O–H groups in total. The topological polar surface area (TPSA) is 49.9 Å². The minimum Gasteiger partial charge on any atom is -0.494 e. The number of hydrogen-bond donors (Lipinski definition) is 0. The molecule has 0 atom stereocenters. The van der Waals surface area contributed by atoms with Crippen molar-refractivity contribution in [2.75, 3.05) is 24.6 Å². The molecule has 2 aliphatic heterocycles. The van der Waals surface area contributed by atoms with Crippen LogP contribution in [0.2, 0.25) is 0 Å². The Bertz CT molecular complexity index is 994. The molecule has 2 aromatic carbocycles. The number of anilines is 1. The van der Waals surface area contributed by atoms with Crippen LogP contribution in [0.15, 0.2) is 54.2 Å². The minimum atomic E-state index is -0.192. The predicted octanol–water partition coefficient (Wildman–Crippen LogP) is 4.81. The SMILES string of the molecule is CCCCCN1C(=O)C(c2ccc(OCCC)cc2)=C(N2CCc3ccccc32)C1=O. The standard InChI is InChI=1S/C26H30N2O3/c1-3-5-8-16-28-25(29)23(20-11-13-21(14-12-20)31-18-4-2)24(26(28)30)27-17-15-19-9-6-7-10-22(19)27/h6-7,9-14H,3-5,8,15-18H2,1-2H3. The first-order chi connectivity index (χ1) is 15.2. The van der Waals surface area contributed by atoms with Crippen LogP contribution >= 0.6 is 0 Å². The monoisotopic (exact) mass is 418 g/mol. The van der Waals surface area contributed by atoms with Gasteiger partial charge in [0.1, 0.15) is 11.4 Å². The number of ether oxygens (including phenoxy) is 1. The van der Waals surface area contributed by atoms with Gasteiger partial charge in [-0.3, -0.25) is 14.5 Å². The van der Waals surface area contributed by atoms with Crippen LogP contribution in [-0.2, 0) is 16.0 Å². The molecule has 0 spiro atoms. The molecule has 5 nitrogen and oxygen atoms in total. The first-order valence-corrected chi connectivity index (χ1v) is 11.3. The highest BCUT2D eigenvalue weighted by Gasteiger charge is 2.42. The van der Waals surface area contributed by atoms with E-state index in [0.29, 0.717) is 31.0 Å². The van der Waals surface area contributed by atoms with Crippen LogP contribution in [0.1, 0.15) is 50.7 Å². The van der Waals surface area contributed by atoms with Crippen LogP contribution in [-0.4, -0.2) is 36.4 Å². The summed E-state index contributed by atoms with van der Waals surface area (Å²) in [6, 6.07) is 15.7. The zero-order valence-corrected chi connectivity index (χ0v) is 18.4. The van der Waals surface area contributed by atoms with Crippen molar-refractivity contribution < 1.29 is 14.3 Å². The van der Waals surface area contributed by atoms with Crippen molar-refractivity contribution >= 4 is 23.1 Å². The average Bonchev–Trinajstić information content (AvgIpc) is 3.32. The van der Waals surface area contributed by atoms with E-state index in [9.17, 15) is 9.59 Å². The molecule has 2 heterocycles. The minimum absolute atomic E-state index is 0.181. The van der Waals surface area contributed by atoms with Crippen molar-refractivity contribution in [3.63, 3.8) is 0 Å². The predicted molar refractivity (Wildman–Crippen MR) is 123 cm³/mol. The largest absolute Gasteiger partial charge is 0.494 e. The maximum absolute atomic E-state index is 13.5. The van der Waals surface area contributed by atoms with Gasteiger partial charge in [-0.05, 0) is 48.6 Å². The molecule has 0 fully saturated rings. The lowest BCUT2D eigenvalue weighted by atomic mass is 10.0. The van der Waals surface area contributed by atoms with Crippen molar-refractivity contribution in [2.24, 2.45) is 0 Å². The van der Waals surface area contributed by atoms with E-state index in [4.69, 9.17) is 4.74 Å². The molecule has 0 aromatic heterocycles. The Morgan fingerprint density at radius 3 is 2.42 bits per heavy atom. The summed E-state index contributed by atoms with van der Waals surface area (Å²) >= 11 is 0. The Morgan fingerprint density at radius 1 is 0.903 bits per heavy atom. The van der Waals surface area contributed by atoms with Crippen molar-refractivity contribution in [1.29, 1.82) is 0 Å². The van der Waals surface area contributed by atoms with Crippen LogP contribution < -0.4 is 9.64 Å². The third kappa shape index (κ3) is 4.09. The van der Waals surface area contributed by atoms with Gasteiger partial charge < -0.3 is 9.64 Å². The fourth-order valence-electron chi connectivity index (χ4n) is 4.31. The lowest BCUT2D eigenvalue weighted by molar-refractivity contribution is -0.136. The second kappa shape index (κ2) is 9.38. The number of imide groups is 1. The Hall–Kier alpha value is -3.08. The van der Waals surface area contributed by atoms with E-state index in [1.165, 1.54) is 10.5 Å². The first-order valence-electron chi connectivity index (χ1n) is 11.3. The van der Waals surface area contributed by atoms with E-state index >= 15 is 0 Å². The number of carbonyl (C=O) groups is 2. The van der Waals surface area contributed by atoms with Crippen LogP contribution in [0.3, 0.4) is 0 Å². The van der Waals surface area contributed by atoms with Gasteiger partial charge >= 0.3 is 0 Å². The Kier molecular flexibility index (Phi) is 6.40. The van der Waals surface area contributed by atoms with Gasteiger partial charge in [-0.1, -0.05) is 57.0 Å². The number of nitrogens with zero attached hydrogens (tertiary/aromatic N) is 2. The molecule has 2 amide bonds. The summed E-state index contributed by atoms with van der Waals surface area (Å²) < 4.78 is 5.69. The Balaban J connectivity index is 1.73. The maximum atomic E-state index is 13.5. The van der Waals surface area contributed by atoms with E-state index in [0.717, 1.165) is 49.1 Å². The maximum Gasteiger partial charge on any atom is 0.278 e. The molecule has 4 rings (SSSR count). The number of rotatable bonds is 9. The molecule has 0 radical (unpaired) electrons. The summed E-state index contributed by atoms with van der Waals surface area (Å²) in [6.45, 7) is 6.01. The molecule has 0 saturated carbocycles. The molecular formula is C26H30N2O3. The van der Waals surface area contributed by atoms with Crippen molar-refractivity contribution in [1.82, 2.24) is 4.90 Å². The molecule has 162 valence electrons. The van der Waals surface area contributed by atoms with Gasteiger partial charge in [-0.2, -0.15) is 0 Å². The van der Waals surface area contributed by atoms with Crippen molar-refractivity contribution in [3.8, 4) is 5.75 Å². The number of para-hydroxylation sites is 1. The fourth-order valence-corrected chi connectivity index (χ4v) is 4.31. The lowest BCUT2D eigenvalue weighted by Crippen LogP contribution is -2.35. The van der Waals surface area contributed by atoms with E-state index in [2.05, 4.69) is 19.9 Å². The first kappa shape index (κ1) is 21.2. The molecule has 0 unspecified atom stereocenters. The summed E-state index contributed by atoms with van der Waals surface area (Å²) in [5.74, 6) is 0.401. The van der Waals surface area contributed by atoms with Gasteiger partial charge in [-0.25, -0.2) is 0 Å². The highest BCUT2D eigenvalue weighted by molar-refractivity contribution is 6.36.